The summed E-state index contributed by atoms with van der Waals surface area (Å²) in [5, 5.41) is 0. The van der Waals surface area contributed by atoms with E-state index in [2.05, 4.69) is 15.9 Å². The second-order valence-electron chi connectivity index (χ2n) is 4.17. The van der Waals surface area contributed by atoms with Gasteiger partial charge in [0.05, 0.1) is 0 Å². The Bertz CT molecular complexity index is 500. The van der Waals surface area contributed by atoms with E-state index in [1.807, 2.05) is 55.5 Å². The summed E-state index contributed by atoms with van der Waals surface area (Å²) in [6.07, 6.45) is 0. The van der Waals surface area contributed by atoms with Gasteiger partial charge in [-0.3, -0.25) is 9.69 Å². The Balaban J connectivity index is 2.43. The average molecular weight is 304 g/mol. The standard InChI is InChI=1S/C15H14BrNO/c1-11-3-7-14(8-4-11)17(12(2)18)15-9-5-13(16)6-10-15/h3-10H,1-2H3. The molecule has 1 amide bonds. The molecule has 0 aromatic heterocycles. The summed E-state index contributed by atoms with van der Waals surface area (Å²) in [4.78, 5) is 13.5. The molecule has 2 aromatic rings. The van der Waals surface area contributed by atoms with Gasteiger partial charge in [-0.25, -0.2) is 0 Å². The van der Waals surface area contributed by atoms with Gasteiger partial charge in [0.1, 0.15) is 0 Å². The van der Waals surface area contributed by atoms with E-state index < -0.39 is 0 Å². The van der Waals surface area contributed by atoms with Crippen LogP contribution in [-0.4, -0.2) is 5.91 Å². The van der Waals surface area contributed by atoms with Crippen molar-refractivity contribution >= 4 is 33.2 Å². The molecule has 0 bridgehead atoms. The second-order valence-corrected chi connectivity index (χ2v) is 5.08. The molecule has 0 aliphatic carbocycles. The molecule has 0 aliphatic heterocycles. The number of hydrogen-bond acceptors (Lipinski definition) is 1. The molecule has 0 radical (unpaired) electrons. The lowest BCUT2D eigenvalue weighted by Gasteiger charge is -2.21. The van der Waals surface area contributed by atoms with Gasteiger partial charge in [-0.1, -0.05) is 33.6 Å². The molecular formula is C15H14BrNO. The van der Waals surface area contributed by atoms with E-state index in [0.29, 0.717) is 0 Å². The molecule has 2 aromatic carbocycles. The molecule has 0 saturated carbocycles. The van der Waals surface area contributed by atoms with E-state index in [4.69, 9.17) is 0 Å². The number of anilines is 2. The fourth-order valence-electron chi connectivity index (χ4n) is 1.80. The molecule has 0 N–H and O–H groups in total. The molecule has 0 atom stereocenters. The zero-order valence-corrected chi connectivity index (χ0v) is 11.9. The van der Waals surface area contributed by atoms with Crippen LogP contribution >= 0.6 is 15.9 Å². The largest absolute Gasteiger partial charge is 0.281 e. The Morgan fingerprint density at radius 2 is 1.39 bits per heavy atom. The number of rotatable bonds is 2. The van der Waals surface area contributed by atoms with Crippen molar-refractivity contribution in [1.82, 2.24) is 0 Å². The van der Waals surface area contributed by atoms with Crippen LogP contribution in [0.15, 0.2) is 53.0 Å². The van der Waals surface area contributed by atoms with Crippen LogP contribution in [0.3, 0.4) is 0 Å². The quantitative estimate of drug-likeness (QED) is 0.803. The molecule has 0 aliphatic rings. The van der Waals surface area contributed by atoms with Gasteiger partial charge >= 0.3 is 0 Å². The van der Waals surface area contributed by atoms with Crippen LogP contribution in [0.1, 0.15) is 12.5 Å². The summed E-state index contributed by atoms with van der Waals surface area (Å²) in [5.74, 6) is 0.00109. The van der Waals surface area contributed by atoms with Crippen LogP contribution in [0.5, 0.6) is 0 Å². The summed E-state index contributed by atoms with van der Waals surface area (Å²) >= 11 is 3.39. The maximum Gasteiger partial charge on any atom is 0.228 e. The van der Waals surface area contributed by atoms with Gasteiger partial charge in [-0.2, -0.15) is 0 Å². The highest BCUT2D eigenvalue weighted by atomic mass is 79.9. The Kier molecular flexibility index (Phi) is 3.82. The van der Waals surface area contributed by atoms with Crippen LogP contribution in [0.2, 0.25) is 0 Å². The van der Waals surface area contributed by atoms with E-state index in [-0.39, 0.29) is 5.91 Å². The SMILES string of the molecule is CC(=O)N(c1ccc(C)cc1)c1ccc(Br)cc1. The molecule has 0 fully saturated rings. The third-order valence-electron chi connectivity index (χ3n) is 2.69. The number of hydrogen-bond donors (Lipinski definition) is 0. The lowest BCUT2D eigenvalue weighted by Crippen LogP contribution is -2.22. The lowest BCUT2D eigenvalue weighted by atomic mass is 10.2. The Hall–Kier alpha value is -1.61. The number of aryl methyl sites for hydroxylation is 1. The number of nitrogens with zero attached hydrogens (tertiary/aromatic N) is 1. The van der Waals surface area contributed by atoms with E-state index in [1.165, 1.54) is 5.56 Å². The molecule has 18 heavy (non-hydrogen) atoms. The minimum absolute atomic E-state index is 0.00109. The minimum atomic E-state index is 0.00109. The van der Waals surface area contributed by atoms with E-state index in [1.54, 1.807) is 11.8 Å². The number of carbonyl (C=O) groups is 1. The van der Waals surface area contributed by atoms with Crippen LogP contribution < -0.4 is 4.90 Å². The van der Waals surface area contributed by atoms with Gasteiger partial charge in [0.2, 0.25) is 5.91 Å². The molecule has 0 unspecified atom stereocenters. The van der Waals surface area contributed by atoms with Gasteiger partial charge in [-0.05, 0) is 43.3 Å². The maximum absolute atomic E-state index is 11.8. The Morgan fingerprint density at radius 1 is 0.944 bits per heavy atom. The first-order valence-electron chi connectivity index (χ1n) is 5.71. The fraction of sp³-hybridized carbons (Fsp3) is 0.133. The van der Waals surface area contributed by atoms with Crippen molar-refractivity contribution in [3.05, 3.63) is 58.6 Å². The maximum atomic E-state index is 11.8. The summed E-state index contributed by atoms with van der Waals surface area (Å²) in [6.45, 7) is 3.60. The van der Waals surface area contributed by atoms with E-state index in [9.17, 15) is 4.79 Å². The summed E-state index contributed by atoms with van der Waals surface area (Å²) in [6, 6.07) is 15.6. The number of halogens is 1. The zero-order valence-electron chi connectivity index (χ0n) is 10.4. The zero-order chi connectivity index (χ0) is 13.1. The third-order valence-corrected chi connectivity index (χ3v) is 3.22. The van der Waals surface area contributed by atoms with Crippen molar-refractivity contribution in [2.24, 2.45) is 0 Å². The van der Waals surface area contributed by atoms with Crippen LogP contribution in [0.4, 0.5) is 11.4 Å². The Morgan fingerprint density at radius 3 is 1.83 bits per heavy atom. The van der Waals surface area contributed by atoms with E-state index >= 15 is 0 Å². The van der Waals surface area contributed by atoms with Gasteiger partial charge in [0.15, 0.2) is 0 Å². The highest BCUT2D eigenvalue weighted by molar-refractivity contribution is 9.10. The summed E-state index contributed by atoms with van der Waals surface area (Å²) in [5.41, 5.74) is 2.93. The topological polar surface area (TPSA) is 20.3 Å². The first-order valence-corrected chi connectivity index (χ1v) is 6.50. The summed E-state index contributed by atoms with van der Waals surface area (Å²) < 4.78 is 0.999. The molecule has 3 heteroatoms. The highest BCUT2D eigenvalue weighted by Crippen LogP contribution is 2.27. The first-order chi connectivity index (χ1) is 8.58. The van der Waals surface area contributed by atoms with Crippen LogP contribution in [-0.2, 0) is 4.79 Å². The smallest absolute Gasteiger partial charge is 0.228 e. The van der Waals surface area contributed by atoms with Crippen molar-refractivity contribution in [3.63, 3.8) is 0 Å². The van der Waals surface area contributed by atoms with Crippen molar-refractivity contribution < 1.29 is 4.79 Å². The number of amides is 1. The van der Waals surface area contributed by atoms with Crippen LogP contribution in [0.25, 0.3) is 0 Å². The summed E-state index contributed by atoms with van der Waals surface area (Å²) in [7, 11) is 0. The van der Waals surface area contributed by atoms with Gasteiger partial charge in [-0.15, -0.1) is 0 Å². The van der Waals surface area contributed by atoms with Crippen molar-refractivity contribution in [2.45, 2.75) is 13.8 Å². The first kappa shape index (κ1) is 12.8. The monoisotopic (exact) mass is 303 g/mol. The van der Waals surface area contributed by atoms with Crippen molar-refractivity contribution in [3.8, 4) is 0 Å². The second kappa shape index (κ2) is 5.36. The third kappa shape index (κ3) is 2.79. The molecular weight excluding hydrogens is 290 g/mol. The molecule has 92 valence electrons. The molecule has 2 rings (SSSR count). The average Bonchev–Trinajstić information content (AvgIpc) is 2.34. The predicted octanol–water partition coefficient (Wildman–Crippen LogP) is 4.44. The van der Waals surface area contributed by atoms with Crippen LogP contribution in [0, 0.1) is 6.92 Å². The highest BCUT2D eigenvalue weighted by Gasteiger charge is 2.13. The van der Waals surface area contributed by atoms with E-state index in [0.717, 1.165) is 15.8 Å². The molecule has 0 heterocycles. The van der Waals surface area contributed by atoms with Crippen molar-refractivity contribution in [2.75, 3.05) is 4.90 Å². The number of benzene rings is 2. The van der Waals surface area contributed by atoms with Crippen molar-refractivity contribution in [1.29, 1.82) is 0 Å². The van der Waals surface area contributed by atoms with Gasteiger partial charge in [0, 0.05) is 22.8 Å². The Labute approximate surface area is 115 Å². The molecule has 0 spiro atoms. The van der Waals surface area contributed by atoms with Gasteiger partial charge < -0.3 is 0 Å². The fourth-order valence-corrected chi connectivity index (χ4v) is 2.06. The minimum Gasteiger partial charge on any atom is -0.281 e. The number of carbonyl (C=O) groups excluding carboxylic acids is 1. The molecule has 0 saturated heterocycles. The lowest BCUT2D eigenvalue weighted by molar-refractivity contribution is -0.115. The molecule has 2 nitrogen and oxygen atoms in total. The normalized spacial score (nSPS) is 10.2. The van der Waals surface area contributed by atoms with Gasteiger partial charge in [0.25, 0.3) is 0 Å². The predicted molar refractivity (Wildman–Crippen MR) is 78.1 cm³/mol.